The largest absolute Gasteiger partial charge is 0.396 e. The molecule has 0 amide bonds. The molecule has 0 aliphatic carbocycles. The minimum absolute atomic E-state index is 0.616. The number of aromatic nitrogens is 2. The molecule has 3 rings (SSSR count). The molecule has 1 aromatic heterocycles. The van der Waals surface area contributed by atoms with Crippen LogP contribution in [-0.2, 0) is 6.54 Å². The number of nitrogen functional groups attached to an aromatic ring is 1. The van der Waals surface area contributed by atoms with Crippen LogP contribution in [0.1, 0.15) is 5.56 Å². The SMILES string of the molecule is Nc1cn(Cc2cccc(Cl)c2)nc1-c1cccc(Cl)c1. The smallest absolute Gasteiger partial charge is 0.115 e. The zero-order valence-electron chi connectivity index (χ0n) is 11.1. The van der Waals surface area contributed by atoms with Crippen LogP contribution >= 0.6 is 23.2 Å². The maximum atomic E-state index is 6.05. The Kier molecular flexibility index (Phi) is 3.86. The van der Waals surface area contributed by atoms with Crippen LogP contribution in [0.2, 0.25) is 10.0 Å². The van der Waals surface area contributed by atoms with Crippen molar-refractivity contribution in [2.45, 2.75) is 6.54 Å². The van der Waals surface area contributed by atoms with E-state index in [1.807, 2.05) is 54.7 Å². The van der Waals surface area contributed by atoms with E-state index in [4.69, 9.17) is 28.9 Å². The molecule has 106 valence electrons. The lowest BCUT2D eigenvalue weighted by molar-refractivity contribution is 0.689. The van der Waals surface area contributed by atoms with Crippen LogP contribution in [0.5, 0.6) is 0 Å². The molecule has 0 radical (unpaired) electrons. The lowest BCUT2D eigenvalue weighted by Crippen LogP contribution is -2.00. The Labute approximate surface area is 132 Å². The predicted octanol–water partition coefficient (Wildman–Crippen LogP) is 4.49. The van der Waals surface area contributed by atoms with Crippen LogP contribution < -0.4 is 5.73 Å². The maximum Gasteiger partial charge on any atom is 0.115 e. The molecule has 0 bridgehead atoms. The van der Waals surface area contributed by atoms with Crippen LogP contribution in [0.15, 0.2) is 54.7 Å². The fourth-order valence-electron chi connectivity index (χ4n) is 2.20. The van der Waals surface area contributed by atoms with E-state index in [0.29, 0.717) is 22.3 Å². The molecule has 0 spiro atoms. The third-order valence-electron chi connectivity index (χ3n) is 3.12. The van der Waals surface area contributed by atoms with E-state index in [0.717, 1.165) is 16.8 Å². The molecule has 0 saturated carbocycles. The highest BCUT2D eigenvalue weighted by Gasteiger charge is 2.09. The van der Waals surface area contributed by atoms with Gasteiger partial charge in [0, 0.05) is 21.8 Å². The molecule has 2 aromatic carbocycles. The highest BCUT2D eigenvalue weighted by Crippen LogP contribution is 2.26. The second kappa shape index (κ2) is 5.80. The highest BCUT2D eigenvalue weighted by molar-refractivity contribution is 6.31. The molecule has 1 heterocycles. The molecule has 2 N–H and O–H groups in total. The van der Waals surface area contributed by atoms with Gasteiger partial charge < -0.3 is 5.73 Å². The van der Waals surface area contributed by atoms with E-state index in [9.17, 15) is 0 Å². The molecular formula is C16H13Cl2N3. The minimum Gasteiger partial charge on any atom is -0.396 e. The van der Waals surface area contributed by atoms with E-state index in [1.165, 1.54) is 0 Å². The molecule has 0 aliphatic rings. The van der Waals surface area contributed by atoms with Crippen molar-refractivity contribution in [3.05, 3.63) is 70.3 Å². The lowest BCUT2D eigenvalue weighted by atomic mass is 10.1. The van der Waals surface area contributed by atoms with E-state index in [1.54, 1.807) is 4.68 Å². The summed E-state index contributed by atoms with van der Waals surface area (Å²) in [5.74, 6) is 0. The molecule has 3 aromatic rings. The second-order valence-corrected chi connectivity index (χ2v) is 5.64. The zero-order valence-corrected chi connectivity index (χ0v) is 12.6. The summed E-state index contributed by atoms with van der Waals surface area (Å²) in [5, 5.41) is 5.91. The fraction of sp³-hybridized carbons (Fsp3) is 0.0625. The van der Waals surface area contributed by atoms with Gasteiger partial charge in [-0.05, 0) is 29.8 Å². The molecule has 0 unspecified atom stereocenters. The molecular weight excluding hydrogens is 305 g/mol. The predicted molar refractivity (Wildman–Crippen MR) is 87.6 cm³/mol. The summed E-state index contributed by atoms with van der Waals surface area (Å²) < 4.78 is 1.80. The van der Waals surface area contributed by atoms with E-state index in [-0.39, 0.29) is 0 Å². The third-order valence-corrected chi connectivity index (χ3v) is 3.59. The molecule has 5 heteroatoms. The first-order chi connectivity index (χ1) is 10.1. The van der Waals surface area contributed by atoms with Gasteiger partial charge in [-0.15, -0.1) is 0 Å². The summed E-state index contributed by atoms with van der Waals surface area (Å²) in [6, 6.07) is 15.2. The summed E-state index contributed by atoms with van der Waals surface area (Å²) in [6.45, 7) is 0.616. The first kappa shape index (κ1) is 14.0. The van der Waals surface area contributed by atoms with E-state index < -0.39 is 0 Å². The Bertz CT molecular complexity index is 781. The molecule has 3 nitrogen and oxygen atoms in total. The normalized spacial score (nSPS) is 10.8. The van der Waals surface area contributed by atoms with Crippen LogP contribution in [0.4, 0.5) is 5.69 Å². The van der Waals surface area contributed by atoms with Gasteiger partial charge in [-0.2, -0.15) is 5.10 Å². The van der Waals surface area contributed by atoms with Crippen LogP contribution in [0.25, 0.3) is 11.3 Å². The lowest BCUT2D eigenvalue weighted by Gasteiger charge is -2.02. The van der Waals surface area contributed by atoms with Gasteiger partial charge in [0.2, 0.25) is 0 Å². The number of benzene rings is 2. The van der Waals surface area contributed by atoms with Crippen molar-refractivity contribution in [1.29, 1.82) is 0 Å². The Morgan fingerprint density at radius 1 is 1.00 bits per heavy atom. The van der Waals surface area contributed by atoms with Gasteiger partial charge >= 0.3 is 0 Å². The average molecular weight is 318 g/mol. The molecule has 0 saturated heterocycles. The monoisotopic (exact) mass is 317 g/mol. The summed E-state index contributed by atoms with van der Waals surface area (Å²) in [7, 11) is 0. The van der Waals surface area contributed by atoms with Gasteiger partial charge in [0.1, 0.15) is 5.69 Å². The number of nitrogens with zero attached hydrogens (tertiary/aromatic N) is 2. The highest BCUT2D eigenvalue weighted by atomic mass is 35.5. The van der Waals surface area contributed by atoms with Gasteiger partial charge in [0.05, 0.1) is 12.2 Å². The number of nitrogens with two attached hydrogens (primary N) is 1. The van der Waals surface area contributed by atoms with Crippen molar-refractivity contribution in [3.63, 3.8) is 0 Å². The number of hydrogen-bond donors (Lipinski definition) is 1. The molecule has 0 atom stereocenters. The Balaban J connectivity index is 1.91. The fourth-order valence-corrected chi connectivity index (χ4v) is 2.60. The van der Waals surface area contributed by atoms with Crippen molar-refractivity contribution < 1.29 is 0 Å². The zero-order chi connectivity index (χ0) is 14.8. The third kappa shape index (κ3) is 3.20. The molecule has 0 aliphatic heterocycles. The first-order valence-electron chi connectivity index (χ1n) is 6.45. The molecule has 0 fully saturated rings. The summed E-state index contributed by atoms with van der Waals surface area (Å²) in [5.41, 5.74) is 9.39. The van der Waals surface area contributed by atoms with Gasteiger partial charge in [0.15, 0.2) is 0 Å². The number of rotatable bonds is 3. The summed E-state index contributed by atoms with van der Waals surface area (Å²) in [6.07, 6.45) is 1.82. The van der Waals surface area contributed by atoms with E-state index >= 15 is 0 Å². The molecule has 21 heavy (non-hydrogen) atoms. The van der Waals surface area contributed by atoms with Crippen LogP contribution in [0.3, 0.4) is 0 Å². The minimum atomic E-state index is 0.616. The quantitative estimate of drug-likeness (QED) is 0.773. The topological polar surface area (TPSA) is 43.8 Å². The maximum absolute atomic E-state index is 6.05. The van der Waals surface area contributed by atoms with Crippen molar-refractivity contribution >= 4 is 28.9 Å². The Hall–Kier alpha value is -1.97. The standard InChI is InChI=1S/C16H13Cl2N3/c17-13-5-1-3-11(7-13)9-21-10-15(19)16(20-21)12-4-2-6-14(18)8-12/h1-8,10H,9,19H2. The van der Waals surface area contributed by atoms with Gasteiger partial charge in [-0.3, -0.25) is 4.68 Å². The summed E-state index contributed by atoms with van der Waals surface area (Å²) >= 11 is 12.0. The Morgan fingerprint density at radius 3 is 2.43 bits per heavy atom. The van der Waals surface area contributed by atoms with Crippen LogP contribution in [-0.4, -0.2) is 9.78 Å². The summed E-state index contributed by atoms with van der Waals surface area (Å²) in [4.78, 5) is 0. The number of halogens is 2. The van der Waals surface area contributed by atoms with Crippen molar-refractivity contribution in [2.24, 2.45) is 0 Å². The second-order valence-electron chi connectivity index (χ2n) is 4.77. The first-order valence-corrected chi connectivity index (χ1v) is 7.21. The average Bonchev–Trinajstić information content (AvgIpc) is 2.79. The van der Waals surface area contributed by atoms with Gasteiger partial charge in [0.25, 0.3) is 0 Å². The van der Waals surface area contributed by atoms with Crippen LogP contribution in [0, 0.1) is 0 Å². The van der Waals surface area contributed by atoms with Crippen molar-refractivity contribution in [3.8, 4) is 11.3 Å². The van der Waals surface area contributed by atoms with Gasteiger partial charge in [-0.1, -0.05) is 47.5 Å². The number of anilines is 1. The van der Waals surface area contributed by atoms with Gasteiger partial charge in [-0.25, -0.2) is 0 Å². The number of hydrogen-bond acceptors (Lipinski definition) is 2. The van der Waals surface area contributed by atoms with Crippen molar-refractivity contribution in [1.82, 2.24) is 9.78 Å². The Morgan fingerprint density at radius 2 is 1.71 bits per heavy atom. The van der Waals surface area contributed by atoms with Crippen molar-refractivity contribution in [2.75, 3.05) is 5.73 Å². The van der Waals surface area contributed by atoms with E-state index in [2.05, 4.69) is 5.10 Å².